The Bertz CT molecular complexity index is 1330. The standard InChI is InChI=1S/C25H30N4O4S/c1-17-9-13-20(14-10-17)26-24(30)19-11-15-22(16-12-19)34(32,33)27-23-18(2)28(3)29(25(23)31)21-7-5-4-6-8-21/h4-8,11-12,15-17,20,27H,9-10,13-14H2,1-3H3,(H,26,30). The molecule has 180 valence electrons. The van der Waals surface area contributed by atoms with Gasteiger partial charge in [-0.15, -0.1) is 0 Å². The Kier molecular flexibility index (Phi) is 6.65. The van der Waals surface area contributed by atoms with Gasteiger partial charge in [0.05, 0.1) is 16.3 Å². The quantitative estimate of drug-likeness (QED) is 0.560. The zero-order chi connectivity index (χ0) is 24.5. The molecule has 1 heterocycles. The number of hydrogen-bond donors (Lipinski definition) is 2. The van der Waals surface area contributed by atoms with Gasteiger partial charge in [0.2, 0.25) is 0 Å². The van der Waals surface area contributed by atoms with Crippen molar-refractivity contribution in [3.8, 4) is 5.69 Å². The molecule has 2 N–H and O–H groups in total. The molecule has 1 aromatic heterocycles. The van der Waals surface area contributed by atoms with E-state index < -0.39 is 15.6 Å². The minimum absolute atomic E-state index is 0.0142. The maximum atomic E-state index is 13.0. The molecule has 1 amide bonds. The smallest absolute Gasteiger partial charge is 0.296 e. The second-order valence-electron chi connectivity index (χ2n) is 9.00. The van der Waals surface area contributed by atoms with E-state index in [4.69, 9.17) is 0 Å². The molecule has 34 heavy (non-hydrogen) atoms. The third-order valence-electron chi connectivity index (χ3n) is 6.57. The molecule has 0 bridgehead atoms. The van der Waals surface area contributed by atoms with E-state index in [9.17, 15) is 18.0 Å². The van der Waals surface area contributed by atoms with Crippen molar-refractivity contribution in [3.63, 3.8) is 0 Å². The predicted molar refractivity (Wildman–Crippen MR) is 132 cm³/mol. The topological polar surface area (TPSA) is 102 Å². The van der Waals surface area contributed by atoms with Crippen LogP contribution in [-0.4, -0.2) is 29.7 Å². The normalized spacial score (nSPS) is 18.4. The Labute approximate surface area is 199 Å². The Morgan fingerprint density at radius 3 is 2.21 bits per heavy atom. The average Bonchev–Trinajstić information content (AvgIpc) is 3.04. The van der Waals surface area contributed by atoms with E-state index in [-0.39, 0.29) is 22.5 Å². The molecular weight excluding hydrogens is 452 g/mol. The summed E-state index contributed by atoms with van der Waals surface area (Å²) in [7, 11) is -2.33. The number of benzene rings is 2. The highest BCUT2D eigenvalue weighted by Crippen LogP contribution is 2.24. The highest BCUT2D eigenvalue weighted by molar-refractivity contribution is 7.92. The lowest BCUT2D eigenvalue weighted by molar-refractivity contribution is 0.0923. The van der Waals surface area contributed by atoms with Crippen molar-refractivity contribution in [2.24, 2.45) is 13.0 Å². The number of sulfonamides is 1. The molecule has 2 aromatic carbocycles. The number of aromatic nitrogens is 2. The number of carbonyl (C=O) groups excluding carboxylic acids is 1. The van der Waals surface area contributed by atoms with Crippen LogP contribution >= 0.6 is 0 Å². The summed E-state index contributed by atoms with van der Waals surface area (Å²) in [5, 5.41) is 3.04. The summed E-state index contributed by atoms with van der Waals surface area (Å²) >= 11 is 0. The minimum atomic E-state index is -4.03. The van der Waals surface area contributed by atoms with Crippen molar-refractivity contribution in [2.75, 3.05) is 4.72 Å². The Morgan fingerprint density at radius 2 is 1.59 bits per heavy atom. The number of nitrogens with one attached hydrogen (secondary N) is 2. The van der Waals surface area contributed by atoms with Gasteiger partial charge in [0.25, 0.3) is 21.5 Å². The summed E-state index contributed by atoms with van der Waals surface area (Å²) in [5.41, 5.74) is 1.04. The van der Waals surface area contributed by atoms with Crippen LogP contribution in [0.15, 0.2) is 64.3 Å². The highest BCUT2D eigenvalue weighted by Gasteiger charge is 2.24. The molecule has 4 rings (SSSR count). The summed E-state index contributed by atoms with van der Waals surface area (Å²) < 4.78 is 31.5. The molecule has 9 heteroatoms. The zero-order valence-corrected chi connectivity index (χ0v) is 20.4. The summed E-state index contributed by atoms with van der Waals surface area (Å²) in [5.74, 6) is 0.483. The Balaban J connectivity index is 1.52. The fourth-order valence-electron chi connectivity index (χ4n) is 4.34. The van der Waals surface area contributed by atoms with Crippen LogP contribution in [0.25, 0.3) is 5.69 Å². The van der Waals surface area contributed by atoms with E-state index in [1.165, 1.54) is 28.9 Å². The van der Waals surface area contributed by atoms with Crippen molar-refractivity contribution < 1.29 is 13.2 Å². The highest BCUT2D eigenvalue weighted by atomic mass is 32.2. The first-order valence-electron chi connectivity index (χ1n) is 11.4. The molecule has 1 saturated carbocycles. The minimum Gasteiger partial charge on any atom is -0.349 e. The van der Waals surface area contributed by atoms with Crippen molar-refractivity contribution in [1.82, 2.24) is 14.7 Å². The van der Waals surface area contributed by atoms with E-state index in [1.54, 1.807) is 42.9 Å². The van der Waals surface area contributed by atoms with Crippen LogP contribution in [0.1, 0.15) is 48.7 Å². The van der Waals surface area contributed by atoms with E-state index in [0.29, 0.717) is 22.9 Å². The first-order chi connectivity index (χ1) is 16.2. The van der Waals surface area contributed by atoms with Crippen LogP contribution in [0.2, 0.25) is 0 Å². The molecule has 0 aliphatic heterocycles. The van der Waals surface area contributed by atoms with Gasteiger partial charge in [-0.1, -0.05) is 25.1 Å². The SMILES string of the molecule is Cc1c(NS(=O)(=O)c2ccc(C(=O)NC3CCC(C)CC3)cc2)c(=O)n(-c2ccccc2)n1C. The Morgan fingerprint density at radius 1 is 0.971 bits per heavy atom. The van der Waals surface area contributed by atoms with Crippen LogP contribution in [0, 0.1) is 12.8 Å². The summed E-state index contributed by atoms with van der Waals surface area (Å²) in [4.78, 5) is 25.6. The largest absolute Gasteiger partial charge is 0.349 e. The van der Waals surface area contributed by atoms with Gasteiger partial charge >= 0.3 is 0 Å². The zero-order valence-electron chi connectivity index (χ0n) is 19.6. The first-order valence-corrected chi connectivity index (χ1v) is 12.9. The molecule has 0 radical (unpaired) electrons. The Hall–Kier alpha value is -3.33. The number of nitrogens with zero attached hydrogens (tertiary/aromatic N) is 2. The van der Waals surface area contributed by atoms with Gasteiger partial charge in [0.1, 0.15) is 5.69 Å². The van der Waals surface area contributed by atoms with Crippen molar-refractivity contribution in [3.05, 3.63) is 76.2 Å². The summed E-state index contributed by atoms with van der Waals surface area (Å²) in [6.45, 7) is 3.90. The van der Waals surface area contributed by atoms with Gasteiger partial charge in [0.15, 0.2) is 0 Å². The monoisotopic (exact) mass is 482 g/mol. The van der Waals surface area contributed by atoms with Crippen LogP contribution in [0.4, 0.5) is 5.69 Å². The third kappa shape index (κ3) is 4.79. The van der Waals surface area contributed by atoms with Crippen molar-refractivity contribution in [1.29, 1.82) is 0 Å². The first kappa shape index (κ1) is 23.8. The van der Waals surface area contributed by atoms with Crippen molar-refractivity contribution in [2.45, 2.75) is 50.5 Å². The van der Waals surface area contributed by atoms with Crippen LogP contribution in [-0.2, 0) is 17.1 Å². The molecule has 0 saturated heterocycles. The number of carbonyl (C=O) groups is 1. The van der Waals surface area contributed by atoms with Crippen LogP contribution in [0.3, 0.4) is 0 Å². The summed E-state index contributed by atoms with van der Waals surface area (Å²) in [6.07, 6.45) is 4.11. The van der Waals surface area contributed by atoms with Crippen LogP contribution < -0.4 is 15.6 Å². The number of anilines is 1. The molecule has 8 nitrogen and oxygen atoms in total. The number of amides is 1. The molecule has 1 aliphatic carbocycles. The lowest BCUT2D eigenvalue weighted by Crippen LogP contribution is -2.37. The number of para-hydroxylation sites is 1. The third-order valence-corrected chi connectivity index (χ3v) is 7.93. The molecule has 0 atom stereocenters. The van der Waals surface area contributed by atoms with Crippen molar-refractivity contribution >= 4 is 21.6 Å². The van der Waals surface area contributed by atoms with E-state index in [2.05, 4.69) is 17.0 Å². The lowest BCUT2D eigenvalue weighted by atomic mass is 9.87. The van der Waals surface area contributed by atoms with Crippen LogP contribution in [0.5, 0.6) is 0 Å². The molecule has 1 aliphatic rings. The van der Waals surface area contributed by atoms with Gasteiger partial charge in [-0.05, 0) is 74.9 Å². The summed E-state index contributed by atoms with van der Waals surface area (Å²) in [6, 6.07) is 14.9. The number of rotatable bonds is 6. The van der Waals surface area contributed by atoms with Gasteiger partial charge in [-0.25, -0.2) is 13.1 Å². The van der Waals surface area contributed by atoms with E-state index in [0.717, 1.165) is 25.7 Å². The second-order valence-corrected chi connectivity index (χ2v) is 10.7. The lowest BCUT2D eigenvalue weighted by Gasteiger charge is -2.26. The van der Waals surface area contributed by atoms with Gasteiger partial charge in [0, 0.05) is 18.7 Å². The molecular formula is C25H30N4O4S. The number of hydrogen-bond acceptors (Lipinski definition) is 4. The van der Waals surface area contributed by atoms with E-state index >= 15 is 0 Å². The van der Waals surface area contributed by atoms with Gasteiger partial charge in [-0.2, -0.15) is 0 Å². The molecule has 1 fully saturated rings. The predicted octanol–water partition coefficient (Wildman–Crippen LogP) is 3.59. The van der Waals surface area contributed by atoms with E-state index in [1.807, 2.05) is 6.07 Å². The molecule has 0 unspecified atom stereocenters. The maximum Gasteiger partial charge on any atom is 0.296 e. The van der Waals surface area contributed by atoms with Gasteiger partial charge in [-0.3, -0.25) is 19.0 Å². The average molecular weight is 483 g/mol. The fourth-order valence-corrected chi connectivity index (χ4v) is 5.45. The fraction of sp³-hybridized carbons (Fsp3) is 0.360. The second kappa shape index (κ2) is 9.50. The molecule has 3 aromatic rings. The molecule has 0 spiro atoms. The maximum absolute atomic E-state index is 13.0. The van der Waals surface area contributed by atoms with Gasteiger partial charge < -0.3 is 5.32 Å².